The molecule has 8 atom stereocenters. The summed E-state index contributed by atoms with van der Waals surface area (Å²) in [7, 11) is 0. The maximum absolute atomic E-state index is 13.0. The van der Waals surface area contributed by atoms with Crippen molar-refractivity contribution in [2.45, 2.75) is 72.3 Å². The minimum Gasteiger partial charge on any atom is -0.481 e. The molecule has 2 bridgehead atoms. The van der Waals surface area contributed by atoms with Crippen molar-refractivity contribution in [3.8, 4) is 0 Å². The first kappa shape index (κ1) is 17.5. The van der Waals surface area contributed by atoms with E-state index in [1.807, 2.05) is 13.8 Å². The summed E-state index contributed by atoms with van der Waals surface area (Å²) in [4.78, 5) is 24.8. The van der Waals surface area contributed by atoms with Gasteiger partial charge in [-0.2, -0.15) is 0 Å². The fraction of sp³-hybridized carbons (Fsp3) is 0.905. The van der Waals surface area contributed by atoms with E-state index in [0.717, 1.165) is 31.1 Å². The lowest BCUT2D eigenvalue weighted by Gasteiger charge is -2.65. The summed E-state index contributed by atoms with van der Waals surface area (Å²) in [6.07, 6.45) is 5.67. The van der Waals surface area contributed by atoms with E-state index in [0.29, 0.717) is 5.92 Å². The van der Waals surface area contributed by atoms with E-state index in [2.05, 4.69) is 13.8 Å². The molecule has 0 aromatic heterocycles. The average Bonchev–Trinajstić information content (AvgIpc) is 2.74. The van der Waals surface area contributed by atoms with Crippen molar-refractivity contribution >= 4 is 11.8 Å². The Labute approximate surface area is 150 Å². The topological polar surface area (TPSA) is 74.6 Å². The lowest BCUT2D eigenvalue weighted by Crippen LogP contribution is -2.67. The zero-order chi connectivity index (χ0) is 18.4. The van der Waals surface area contributed by atoms with Gasteiger partial charge >= 0.3 is 5.97 Å². The normalized spacial score (nSPS) is 53.9. The molecule has 0 saturated heterocycles. The van der Waals surface area contributed by atoms with Crippen molar-refractivity contribution in [2.24, 2.45) is 45.8 Å². The third-order valence-corrected chi connectivity index (χ3v) is 9.23. The molecule has 4 nitrogen and oxygen atoms in total. The Morgan fingerprint density at radius 3 is 2.40 bits per heavy atom. The van der Waals surface area contributed by atoms with Crippen LogP contribution in [-0.2, 0) is 9.59 Å². The zero-order valence-corrected chi connectivity index (χ0v) is 15.9. The molecule has 4 aliphatic carbocycles. The highest BCUT2D eigenvalue weighted by Crippen LogP contribution is 2.72. The van der Waals surface area contributed by atoms with E-state index in [1.165, 1.54) is 19.3 Å². The molecule has 0 heterocycles. The molecule has 2 N–H and O–H groups in total. The van der Waals surface area contributed by atoms with Gasteiger partial charge in [-0.1, -0.05) is 27.7 Å². The van der Waals surface area contributed by atoms with Crippen LogP contribution in [0.5, 0.6) is 0 Å². The molecule has 25 heavy (non-hydrogen) atoms. The number of rotatable bonds is 1. The predicted octanol–water partition coefficient (Wildman–Crippen LogP) is 3.52. The van der Waals surface area contributed by atoms with Gasteiger partial charge in [-0.25, -0.2) is 0 Å². The van der Waals surface area contributed by atoms with Gasteiger partial charge in [0.05, 0.1) is 0 Å². The molecule has 0 aliphatic heterocycles. The first-order valence-corrected chi connectivity index (χ1v) is 10.0. The number of ketones is 1. The lowest BCUT2D eigenvalue weighted by molar-refractivity contribution is -0.214. The number of carboxylic acid groups (broad SMARTS) is 1. The second-order valence-corrected chi connectivity index (χ2v) is 10.5. The highest BCUT2D eigenvalue weighted by molar-refractivity contribution is 6.02. The van der Waals surface area contributed by atoms with Crippen LogP contribution < -0.4 is 0 Å². The molecule has 0 amide bonds. The molecule has 2 unspecified atom stereocenters. The van der Waals surface area contributed by atoms with E-state index >= 15 is 0 Å². The summed E-state index contributed by atoms with van der Waals surface area (Å²) in [5.41, 5.74) is -0.833. The maximum Gasteiger partial charge on any atom is 0.314 e. The van der Waals surface area contributed by atoms with Gasteiger partial charge in [0, 0.05) is 5.41 Å². The first-order chi connectivity index (χ1) is 11.6. The lowest BCUT2D eigenvalue weighted by atomic mass is 9.38. The van der Waals surface area contributed by atoms with Gasteiger partial charge in [-0.15, -0.1) is 0 Å². The highest BCUT2D eigenvalue weighted by Gasteiger charge is 2.70. The fourth-order valence-corrected chi connectivity index (χ4v) is 8.33. The summed E-state index contributed by atoms with van der Waals surface area (Å²) in [5.74, 6) is -0.664. The van der Waals surface area contributed by atoms with Crippen molar-refractivity contribution in [1.82, 2.24) is 0 Å². The minimum atomic E-state index is -1.14. The Kier molecular flexibility index (Phi) is 3.56. The smallest absolute Gasteiger partial charge is 0.314 e. The number of aliphatic carboxylic acids is 1. The number of fused-ring (bicyclic) bond motifs is 3. The van der Waals surface area contributed by atoms with Gasteiger partial charge in [0.25, 0.3) is 0 Å². The molecule has 0 radical (unpaired) electrons. The van der Waals surface area contributed by atoms with Crippen LogP contribution in [-0.4, -0.2) is 28.1 Å². The number of aliphatic hydroxyl groups excluding tert-OH is 1. The van der Waals surface area contributed by atoms with Crippen LogP contribution in [0.25, 0.3) is 0 Å². The number of aliphatic hydroxyl groups is 1. The Morgan fingerprint density at radius 1 is 1.08 bits per heavy atom. The van der Waals surface area contributed by atoms with Crippen LogP contribution in [0.4, 0.5) is 0 Å². The van der Waals surface area contributed by atoms with Crippen LogP contribution in [0.3, 0.4) is 0 Å². The summed E-state index contributed by atoms with van der Waals surface area (Å²) in [6, 6.07) is 0. The standard InChI is InChI=1S/C21H32O4/c1-11-9-21-8-7-13-19(2,3)15(18(24)25)16(22)17(23)20(13,4)14(21)6-5-12(11)10-21/h11-15,17,23H,5-10H2,1-4H3,(H,24,25)/t11-,12-,13+,14-,15?,17?,20+,21+/m1/s1. The van der Waals surface area contributed by atoms with Gasteiger partial charge in [-0.3, -0.25) is 9.59 Å². The monoisotopic (exact) mass is 348 g/mol. The molecular weight excluding hydrogens is 316 g/mol. The van der Waals surface area contributed by atoms with E-state index < -0.39 is 34.6 Å². The van der Waals surface area contributed by atoms with E-state index in [4.69, 9.17) is 0 Å². The largest absolute Gasteiger partial charge is 0.481 e. The predicted molar refractivity (Wildman–Crippen MR) is 93.8 cm³/mol. The van der Waals surface area contributed by atoms with Crippen molar-refractivity contribution in [3.05, 3.63) is 0 Å². The zero-order valence-electron chi connectivity index (χ0n) is 15.9. The number of Topliss-reactive ketones (excluding diaryl/α,β-unsaturated/α-hetero) is 1. The van der Waals surface area contributed by atoms with Crippen LogP contribution in [0, 0.1) is 45.8 Å². The molecule has 4 rings (SSSR count). The first-order valence-electron chi connectivity index (χ1n) is 10.0. The SMILES string of the molecule is C[C@@H]1C[C@]23CC[C@H]4C(C)(C)C(C(=O)O)C(=O)C(O)[C@]4(C)[C@H]2CC[C@@H]1C3. The Balaban J connectivity index is 1.81. The van der Waals surface area contributed by atoms with Crippen molar-refractivity contribution in [3.63, 3.8) is 0 Å². The average molecular weight is 348 g/mol. The molecule has 4 heteroatoms. The second kappa shape index (κ2) is 5.09. The maximum atomic E-state index is 13.0. The molecule has 4 aliphatic rings. The Bertz CT molecular complexity index is 621. The molecular formula is C21H32O4. The third kappa shape index (κ3) is 1.98. The summed E-state index contributed by atoms with van der Waals surface area (Å²) in [5, 5.41) is 20.8. The van der Waals surface area contributed by atoms with E-state index in [1.54, 1.807) is 0 Å². The van der Waals surface area contributed by atoms with Crippen molar-refractivity contribution in [2.75, 3.05) is 0 Å². The van der Waals surface area contributed by atoms with Gasteiger partial charge in [0.1, 0.15) is 12.0 Å². The Morgan fingerprint density at radius 2 is 1.76 bits per heavy atom. The summed E-state index contributed by atoms with van der Waals surface area (Å²) < 4.78 is 0. The molecule has 0 aromatic carbocycles. The van der Waals surface area contributed by atoms with Crippen LogP contribution in [0.2, 0.25) is 0 Å². The van der Waals surface area contributed by atoms with Crippen LogP contribution >= 0.6 is 0 Å². The van der Waals surface area contributed by atoms with E-state index in [9.17, 15) is 19.8 Å². The number of carboxylic acids is 1. The molecule has 4 fully saturated rings. The minimum absolute atomic E-state index is 0.0804. The van der Waals surface area contributed by atoms with Gasteiger partial charge in [0.15, 0.2) is 5.78 Å². The molecule has 1 spiro atoms. The Hall–Kier alpha value is -0.900. The summed E-state index contributed by atoms with van der Waals surface area (Å²) >= 11 is 0. The van der Waals surface area contributed by atoms with Crippen LogP contribution in [0.1, 0.15) is 66.2 Å². The molecule has 0 aromatic rings. The summed E-state index contributed by atoms with van der Waals surface area (Å²) in [6.45, 7) is 8.36. The van der Waals surface area contributed by atoms with Gasteiger partial charge in [0.2, 0.25) is 0 Å². The van der Waals surface area contributed by atoms with E-state index in [-0.39, 0.29) is 11.3 Å². The van der Waals surface area contributed by atoms with Crippen LogP contribution in [0.15, 0.2) is 0 Å². The second-order valence-electron chi connectivity index (χ2n) is 10.5. The third-order valence-electron chi connectivity index (χ3n) is 9.23. The number of hydrogen-bond acceptors (Lipinski definition) is 3. The van der Waals surface area contributed by atoms with Crippen molar-refractivity contribution in [1.29, 1.82) is 0 Å². The highest BCUT2D eigenvalue weighted by atomic mass is 16.4. The molecule has 140 valence electrons. The van der Waals surface area contributed by atoms with Crippen molar-refractivity contribution < 1.29 is 19.8 Å². The number of carbonyl (C=O) groups excluding carboxylic acids is 1. The number of hydrogen-bond donors (Lipinski definition) is 2. The fourth-order valence-electron chi connectivity index (χ4n) is 8.33. The number of carbonyl (C=O) groups is 2. The molecule has 4 saturated carbocycles. The van der Waals surface area contributed by atoms with Gasteiger partial charge in [-0.05, 0) is 73.0 Å². The quantitative estimate of drug-likeness (QED) is 0.711. The van der Waals surface area contributed by atoms with Gasteiger partial charge < -0.3 is 10.2 Å².